The molecule has 3 heteroatoms. The number of nitrogens with zero attached hydrogens (tertiary/aromatic N) is 1. The van der Waals surface area contributed by atoms with Crippen LogP contribution >= 0.6 is 0 Å². The Hall–Kier alpha value is -0.120. The lowest BCUT2D eigenvalue weighted by molar-refractivity contribution is -0.0335. The van der Waals surface area contributed by atoms with Gasteiger partial charge < -0.3 is 10.1 Å². The van der Waals surface area contributed by atoms with E-state index in [2.05, 4.69) is 51.8 Å². The molecule has 1 aliphatic rings. The second-order valence-electron chi connectivity index (χ2n) is 7.09. The molecule has 1 N–H and O–H groups in total. The molecule has 0 aliphatic carbocycles. The van der Waals surface area contributed by atoms with Gasteiger partial charge in [0.2, 0.25) is 0 Å². The Balaban J connectivity index is 2.43. The molecule has 0 aromatic rings. The van der Waals surface area contributed by atoms with Gasteiger partial charge in [0.1, 0.15) is 0 Å². The van der Waals surface area contributed by atoms with Crippen LogP contribution in [-0.2, 0) is 4.74 Å². The monoisotopic (exact) mass is 256 g/mol. The Morgan fingerprint density at radius 1 is 1.33 bits per heavy atom. The number of hydrogen-bond acceptors (Lipinski definition) is 3. The molecule has 0 aromatic carbocycles. The molecule has 1 saturated heterocycles. The van der Waals surface area contributed by atoms with Gasteiger partial charge in [0.15, 0.2) is 0 Å². The van der Waals surface area contributed by atoms with Gasteiger partial charge in [0.25, 0.3) is 0 Å². The lowest BCUT2D eigenvalue weighted by Gasteiger charge is -2.46. The van der Waals surface area contributed by atoms with Gasteiger partial charge in [-0.05, 0) is 41.0 Å². The van der Waals surface area contributed by atoms with Gasteiger partial charge in [0, 0.05) is 31.2 Å². The van der Waals surface area contributed by atoms with Crippen LogP contribution in [0.4, 0.5) is 0 Å². The minimum atomic E-state index is -0.0268. The molecule has 1 heterocycles. The molecular weight excluding hydrogens is 224 g/mol. The first-order chi connectivity index (χ1) is 8.24. The second kappa shape index (κ2) is 6.36. The van der Waals surface area contributed by atoms with Crippen molar-refractivity contribution in [2.75, 3.05) is 26.2 Å². The molecule has 3 nitrogen and oxygen atoms in total. The van der Waals surface area contributed by atoms with Crippen molar-refractivity contribution in [2.45, 2.75) is 71.6 Å². The third-order valence-electron chi connectivity index (χ3n) is 3.65. The van der Waals surface area contributed by atoms with Crippen molar-refractivity contribution in [3.63, 3.8) is 0 Å². The van der Waals surface area contributed by atoms with E-state index in [1.807, 2.05) is 0 Å². The summed E-state index contributed by atoms with van der Waals surface area (Å²) in [6, 6.07) is 0.651. The van der Waals surface area contributed by atoms with Crippen LogP contribution in [0.5, 0.6) is 0 Å². The lowest BCUT2D eigenvalue weighted by atomic mass is 9.96. The van der Waals surface area contributed by atoms with E-state index in [4.69, 9.17) is 4.74 Å². The van der Waals surface area contributed by atoms with Crippen LogP contribution in [0.15, 0.2) is 0 Å². The van der Waals surface area contributed by atoms with Gasteiger partial charge in [-0.3, -0.25) is 4.90 Å². The molecule has 0 aromatic heterocycles. The molecule has 0 bridgehead atoms. The van der Waals surface area contributed by atoms with E-state index in [0.29, 0.717) is 6.04 Å². The average molecular weight is 256 g/mol. The lowest BCUT2D eigenvalue weighted by Crippen LogP contribution is -2.62. The van der Waals surface area contributed by atoms with Crippen LogP contribution in [0.25, 0.3) is 0 Å². The first kappa shape index (κ1) is 15.9. The van der Waals surface area contributed by atoms with Crippen LogP contribution in [-0.4, -0.2) is 48.3 Å². The molecular formula is C15H32N2O. The minimum absolute atomic E-state index is 0.0268. The third kappa shape index (κ3) is 5.25. The van der Waals surface area contributed by atoms with E-state index >= 15 is 0 Å². The maximum absolute atomic E-state index is 5.86. The summed E-state index contributed by atoms with van der Waals surface area (Å²) in [7, 11) is 0. The summed E-state index contributed by atoms with van der Waals surface area (Å²) >= 11 is 0. The largest absolute Gasteiger partial charge is 0.375 e. The average Bonchev–Trinajstić information content (AvgIpc) is 2.21. The van der Waals surface area contributed by atoms with Crippen LogP contribution in [0, 0.1) is 0 Å². The van der Waals surface area contributed by atoms with Crippen LogP contribution < -0.4 is 5.32 Å². The van der Waals surface area contributed by atoms with Crippen molar-refractivity contribution in [1.82, 2.24) is 10.2 Å². The first-order valence-corrected chi connectivity index (χ1v) is 7.37. The highest BCUT2D eigenvalue weighted by Gasteiger charge is 2.33. The minimum Gasteiger partial charge on any atom is -0.375 e. The summed E-state index contributed by atoms with van der Waals surface area (Å²) in [4.78, 5) is 2.58. The molecule has 1 rings (SSSR count). The normalized spacial score (nSPS) is 25.3. The van der Waals surface area contributed by atoms with Crippen LogP contribution in [0.3, 0.4) is 0 Å². The number of nitrogens with one attached hydrogen (secondary N) is 1. The Kier molecular flexibility index (Phi) is 5.63. The fourth-order valence-electron chi connectivity index (χ4n) is 2.48. The zero-order valence-corrected chi connectivity index (χ0v) is 13.2. The van der Waals surface area contributed by atoms with E-state index in [-0.39, 0.29) is 11.1 Å². The summed E-state index contributed by atoms with van der Waals surface area (Å²) in [5.41, 5.74) is 0.215. The molecule has 1 fully saturated rings. The highest BCUT2D eigenvalue weighted by Crippen LogP contribution is 2.20. The smallest absolute Gasteiger partial charge is 0.0600 e. The molecule has 1 unspecified atom stereocenters. The molecule has 0 spiro atoms. The number of rotatable bonds is 5. The van der Waals surface area contributed by atoms with Crippen molar-refractivity contribution in [1.29, 1.82) is 0 Å². The maximum atomic E-state index is 5.86. The summed E-state index contributed by atoms with van der Waals surface area (Å²) < 4.78 is 5.86. The number of ether oxygens (including phenoxy) is 1. The molecule has 0 amide bonds. The Morgan fingerprint density at radius 2 is 2.00 bits per heavy atom. The van der Waals surface area contributed by atoms with Crippen molar-refractivity contribution in [3.05, 3.63) is 0 Å². The zero-order chi connectivity index (χ0) is 13.8. The summed E-state index contributed by atoms with van der Waals surface area (Å²) in [6.45, 7) is 17.3. The molecule has 0 radical (unpaired) electrons. The van der Waals surface area contributed by atoms with Crippen molar-refractivity contribution in [3.8, 4) is 0 Å². The van der Waals surface area contributed by atoms with Crippen molar-refractivity contribution < 1.29 is 4.74 Å². The van der Waals surface area contributed by atoms with Crippen LogP contribution in [0.1, 0.15) is 54.4 Å². The van der Waals surface area contributed by atoms with E-state index in [9.17, 15) is 0 Å². The fraction of sp³-hybridized carbons (Fsp3) is 1.00. The van der Waals surface area contributed by atoms with E-state index in [0.717, 1.165) is 26.2 Å². The van der Waals surface area contributed by atoms with Crippen molar-refractivity contribution >= 4 is 0 Å². The van der Waals surface area contributed by atoms with Gasteiger partial charge in [-0.15, -0.1) is 0 Å². The quantitative estimate of drug-likeness (QED) is 0.818. The van der Waals surface area contributed by atoms with E-state index in [1.54, 1.807) is 0 Å². The summed E-state index contributed by atoms with van der Waals surface area (Å²) in [5.74, 6) is 0. The molecule has 1 aliphatic heterocycles. The van der Waals surface area contributed by atoms with Gasteiger partial charge in [-0.1, -0.05) is 13.3 Å². The van der Waals surface area contributed by atoms with Crippen molar-refractivity contribution in [2.24, 2.45) is 0 Å². The van der Waals surface area contributed by atoms with Gasteiger partial charge >= 0.3 is 0 Å². The third-order valence-corrected chi connectivity index (χ3v) is 3.65. The topological polar surface area (TPSA) is 24.5 Å². The Morgan fingerprint density at radius 3 is 2.56 bits per heavy atom. The molecule has 18 heavy (non-hydrogen) atoms. The standard InChI is InChI=1S/C15H32N2O/c1-7-8-13-11-17(15(5,6)12-16-13)9-10-18-14(2,3)4/h13,16H,7-12H2,1-6H3. The number of piperazine rings is 1. The molecule has 1 atom stereocenters. The predicted molar refractivity (Wildman–Crippen MR) is 78.1 cm³/mol. The molecule has 108 valence electrons. The highest BCUT2D eigenvalue weighted by atomic mass is 16.5. The van der Waals surface area contributed by atoms with Crippen LogP contribution in [0.2, 0.25) is 0 Å². The summed E-state index contributed by atoms with van der Waals surface area (Å²) in [5, 5.41) is 3.66. The fourth-order valence-corrected chi connectivity index (χ4v) is 2.48. The van der Waals surface area contributed by atoms with E-state index < -0.39 is 0 Å². The number of hydrogen-bond donors (Lipinski definition) is 1. The zero-order valence-electron chi connectivity index (χ0n) is 13.2. The first-order valence-electron chi connectivity index (χ1n) is 7.37. The predicted octanol–water partition coefficient (Wildman–Crippen LogP) is 2.65. The highest BCUT2D eigenvalue weighted by molar-refractivity contribution is 4.92. The second-order valence-corrected chi connectivity index (χ2v) is 7.09. The summed E-state index contributed by atoms with van der Waals surface area (Å²) in [6.07, 6.45) is 2.52. The van der Waals surface area contributed by atoms with Gasteiger partial charge in [-0.2, -0.15) is 0 Å². The SMILES string of the molecule is CCCC1CN(CCOC(C)(C)C)C(C)(C)CN1. The van der Waals surface area contributed by atoms with E-state index in [1.165, 1.54) is 12.8 Å². The van der Waals surface area contributed by atoms with Gasteiger partial charge in [0.05, 0.1) is 12.2 Å². The maximum Gasteiger partial charge on any atom is 0.0600 e. The van der Waals surface area contributed by atoms with Gasteiger partial charge in [-0.25, -0.2) is 0 Å². The Labute approximate surface area is 113 Å². The Bertz CT molecular complexity index is 245. The molecule has 0 saturated carbocycles.